The first-order valence-corrected chi connectivity index (χ1v) is 7.64. The van der Waals surface area contributed by atoms with Crippen LogP contribution in [0.15, 0.2) is 18.2 Å². The van der Waals surface area contributed by atoms with Crippen molar-refractivity contribution in [3.8, 4) is 11.5 Å². The van der Waals surface area contributed by atoms with Gasteiger partial charge in [-0.2, -0.15) is 0 Å². The number of quaternary nitrogens is 1. The molecule has 2 bridgehead atoms. The van der Waals surface area contributed by atoms with Crippen molar-refractivity contribution in [3.63, 3.8) is 0 Å². The number of ketones is 1. The van der Waals surface area contributed by atoms with Crippen molar-refractivity contribution in [1.29, 1.82) is 0 Å². The number of carbonyl (C=O) groups excluding carboxylic acids is 1. The predicted octanol–water partition coefficient (Wildman–Crippen LogP) is 0.982. The monoisotopic (exact) mass is 290 g/mol. The Labute approximate surface area is 126 Å². The van der Waals surface area contributed by atoms with Crippen molar-refractivity contribution in [2.24, 2.45) is 0 Å². The van der Waals surface area contributed by atoms with Crippen molar-refractivity contribution in [1.82, 2.24) is 0 Å². The van der Waals surface area contributed by atoms with E-state index < -0.39 is 0 Å². The molecule has 1 aliphatic heterocycles. The molecule has 114 valence electrons. The molecule has 1 heterocycles. The maximum atomic E-state index is 12.3. The van der Waals surface area contributed by atoms with Crippen molar-refractivity contribution in [2.75, 3.05) is 27.8 Å². The minimum absolute atomic E-state index is 0.0700. The quantitative estimate of drug-likeness (QED) is 0.902. The van der Waals surface area contributed by atoms with Crippen LogP contribution in [0.25, 0.3) is 0 Å². The number of rotatable bonds is 3. The van der Waals surface area contributed by atoms with Gasteiger partial charge >= 0.3 is 0 Å². The number of Topliss-reactive ketones (excluding diaryl/α,β-unsaturated/α-hetero) is 1. The van der Waals surface area contributed by atoms with Crippen LogP contribution < -0.4 is 14.4 Å². The summed E-state index contributed by atoms with van der Waals surface area (Å²) in [5.74, 6) is 2.10. The average Bonchev–Trinajstić information content (AvgIpc) is 2.50. The molecule has 3 rings (SSSR count). The van der Waals surface area contributed by atoms with Gasteiger partial charge < -0.3 is 14.4 Å². The number of hydrogen-bond donors (Lipinski definition) is 1. The predicted molar refractivity (Wildman–Crippen MR) is 80.2 cm³/mol. The van der Waals surface area contributed by atoms with E-state index in [-0.39, 0.29) is 5.41 Å². The van der Waals surface area contributed by atoms with Gasteiger partial charge in [-0.25, -0.2) is 0 Å². The molecule has 0 aromatic heterocycles. The lowest BCUT2D eigenvalue weighted by Crippen LogP contribution is -3.15. The molecule has 1 aromatic rings. The highest BCUT2D eigenvalue weighted by atomic mass is 16.5. The van der Waals surface area contributed by atoms with E-state index >= 15 is 0 Å². The molecule has 21 heavy (non-hydrogen) atoms. The van der Waals surface area contributed by atoms with Crippen molar-refractivity contribution in [3.05, 3.63) is 23.8 Å². The van der Waals surface area contributed by atoms with E-state index in [2.05, 4.69) is 13.1 Å². The summed E-state index contributed by atoms with van der Waals surface area (Å²) in [6.07, 6.45) is 3.46. The summed E-state index contributed by atoms with van der Waals surface area (Å²) in [5, 5.41) is 0. The number of nitrogens with one attached hydrogen (secondary N) is 1. The highest BCUT2D eigenvalue weighted by Crippen LogP contribution is 2.46. The standard InChI is InChI=1S/C17H23NO3/c1-18-7-6-17(10-12(18)8-13(19)11-17)15-9-14(20-2)4-5-16(15)21-3/h4-5,9,12H,6-8,10-11H2,1-3H3/p+1. The lowest BCUT2D eigenvalue weighted by atomic mass is 9.63. The van der Waals surface area contributed by atoms with E-state index in [0.717, 1.165) is 42.9 Å². The summed E-state index contributed by atoms with van der Waals surface area (Å²) >= 11 is 0. The number of carbonyl (C=O) groups is 1. The van der Waals surface area contributed by atoms with E-state index in [1.54, 1.807) is 14.2 Å². The van der Waals surface area contributed by atoms with Crippen LogP contribution in [0.4, 0.5) is 0 Å². The Balaban J connectivity index is 2.06. The van der Waals surface area contributed by atoms with Crippen LogP contribution in [0.1, 0.15) is 31.2 Å². The summed E-state index contributed by atoms with van der Waals surface area (Å²) in [4.78, 5) is 13.8. The Kier molecular flexibility index (Phi) is 3.66. The Hall–Kier alpha value is -1.55. The fourth-order valence-corrected chi connectivity index (χ4v) is 4.09. The van der Waals surface area contributed by atoms with Crippen LogP contribution in [0.2, 0.25) is 0 Å². The van der Waals surface area contributed by atoms with Crippen LogP contribution >= 0.6 is 0 Å². The summed E-state index contributed by atoms with van der Waals surface area (Å²) < 4.78 is 11.0. The van der Waals surface area contributed by atoms with Crippen LogP contribution in [-0.2, 0) is 10.2 Å². The van der Waals surface area contributed by atoms with Gasteiger partial charge in [0.1, 0.15) is 17.3 Å². The maximum absolute atomic E-state index is 12.3. The number of ether oxygens (including phenoxy) is 2. The molecular weight excluding hydrogens is 266 g/mol. The fraction of sp³-hybridized carbons (Fsp3) is 0.588. The Morgan fingerprint density at radius 2 is 2.10 bits per heavy atom. The average molecular weight is 290 g/mol. The van der Waals surface area contributed by atoms with Gasteiger partial charge in [0.15, 0.2) is 0 Å². The molecule has 0 spiro atoms. The number of hydrogen-bond acceptors (Lipinski definition) is 3. The van der Waals surface area contributed by atoms with Gasteiger partial charge in [0.25, 0.3) is 0 Å². The molecule has 1 aromatic carbocycles. The minimum Gasteiger partial charge on any atom is -0.497 e. The summed E-state index contributed by atoms with van der Waals surface area (Å²) in [6.45, 7) is 1.11. The molecule has 1 aliphatic carbocycles. The number of piperidine rings is 1. The summed E-state index contributed by atoms with van der Waals surface area (Å²) in [5.41, 5.74) is 1.08. The van der Waals surface area contributed by atoms with E-state index in [4.69, 9.17) is 9.47 Å². The topological polar surface area (TPSA) is 40.0 Å². The SMILES string of the molecule is COc1ccc(OC)c(C23CC[NH+](C)C(CC(=O)C2)C3)c1. The number of likely N-dealkylation sites (tertiary alicyclic amines) is 1. The third-order valence-corrected chi connectivity index (χ3v) is 5.32. The van der Waals surface area contributed by atoms with E-state index in [9.17, 15) is 4.79 Å². The number of fused-ring (bicyclic) bond motifs is 2. The molecular formula is C17H24NO3+. The van der Waals surface area contributed by atoms with Gasteiger partial charge in [0, 0.05) is 30.2 Å². The summed E-state index contributed by atoms with van der Waals surface area (Å²) in [6, 6.07) is 6.38. The molecule has 1 saturated heterocycles. The zero-order valence-corrected chi connectivity index (χ0v) is 13.1. The molecule has 3 unspecified atom stereocenters. The first-order chi connectivity index (χ1) is 10.1. The van der Waals surface area contributed by atoms with Gasteiger partial charge in [0.05, 0.1) is 40.3 Å². The minimum atomic E-state index is -0.0700. The third-order valence-electron chi connectivity index (χ3n) is 5.32. The van der Waals surface area contributed by atoms with E-state index in [1.165, 1.54) is 4.90 Å². The second-order valence-electron chi connectivity index (χ2n) is 6.51. The molecule has 4 heteroatoms. The smallest absolute Gasteiger partial charge is 0.139 e. The largest absolute Gasteiger partial charge is 0.497 e. The normalized spacial score (nSPS) is 31.9. The zero-order valence-electron chi connectivity index (χ0n) is 13.1. The lowest BCUT2D eigenvalue weighted by Gasteiger charge is -2.47. The number of methoxy groups -OCH3 is 2. The second kappa shape index (κ2) is 5.34. The van der Waals surface area contributed by atoms with Crippen LogP contribution in [0.3, 0.4) is 0 Å². The lowest BCUT2D eigenvalue weighted by molar-refractivity contribution is -0.913. The zero-order chi connectivity index (χ0) is 15.0. The summed E-state index contributed by atoms with van der Waals surface area (Å²) in [7, 11) is 5.58. The molecule has 0 radical (unpaired) electrons. The Bertz CT molecular complexity index is 557. The van der Waals surface area contributed by atoms with Gasteiger partial charge in [-0.3, -0.25) is 4.79 Å². The Morgan fingerprint density at radius 1 is 1.29 bits per heavy atom. The van der Waals surface area contributed by atoms with E-state index in [1.807, 2.05) is 12.1 Å². The molecule has 2 fully saturated rings. The van der Waals surface area contributed by atoms with Crippen LogP contribution in [-0.4, -0.2) is 39.6 Å². The van der Waals surface area contributed by atoms with E-state index in [0.29, 0.717) is 18.2 Å². The van der Waals surface area contributed by atoms with Crippen molar-refractivity contribution in [2.45, 2.75) is 37.1 Å². The first-order valence-electron chi connectivity index (χ1n) is 7.64. The molecule has 1 saturated carbocycles. The second-order valence-corrected chi connectivity index (χ2v) is 6.51. The highest BCUT2D eigenvalue weighted by Gasteiger charge is 2.49. The molecule has 1 N–H and O–H groups in total. The Morgan fingerprint density at radius 3 is 2.81 bits per heavy atom. The molecule has 4 nitrogen and oxygen atoms in total. The van der Waals surface area contributed by atoms with Crippen molar-refractivity contribution >= 4 is 5.78 Å². The van der Waals surface area contributed by atoms with Crippen molar-refractivity contribution < 1.29 is 19.2 Å². The van der Waals surface area contributed by atoms with Gasteiger partial charge in [-0.15, -0.1) is 0 Å². The molecule has 3 atom stereocenters. The number of benzene rings is 1. The maximum Gasteiger partial charge on any atom is 0.139 e. The molecule has 2 aliphatic rings. The highest BCUT2D eigenvalue weighted by molar-refractivity contribution is 5.82. The first kappa shape index (κ1) is 14.4. The van der Waals surface area contributed by atoms with Gasteiger partial charge in [-0.1, -0.05) is 0 Å². The fourth-order valence-electron chi connectivity index (χ4n) is 4.09. The third kappa shape index (κ3) is 2.42. The van der Waals surface area contributed by atoms with Gasteiger partial charge in [0.2, 0.25) is 0 Å². The van der Waals surface area contributed by atoms with Crippen LogP contribution in [0.5, 0.6) is 11.5 Å². The van der Waals surface area contributed by atoms with Crippen LogP contribution in [0, 0.1) is 0 Å². The molecule has 0 amide bonds. The van der Waals surface area contributed by atoms with Gasteiger partial charge in [-0.05, 0) is 18.2 Å².